The van der Waals surface area contributed by atoms with Crippen LogP contribution in [0.15, 0.2) is 47.5 Å². The summed E-state index contributed by atoms with van der Waals surface area (Å²) in [6.45, 7) is -0.416. The predicted molar refractivity (Wildman–Crippen MR) is 115 cm³/mol. The van der Waals surface area contributed by atoms with Crippen LogP contribution in [0.3, 0.4) is 0 Å². The molecule has 5 nitrogen and oxygen atoms in total. The minimum Gasteiger partial charge on any atom is -0.493 e. The van der Waals surface area contributed by atoms with Crippen LogP contribution >= 0.6 is 24.0 Å². The van der Waals surface area contributed by atoms with Crippen molar-refractivity contribution in [3.05, 3.63) is 53.6 Å². The van der Waals surface area contributed by atoms with Crippen molar-refractivity contribution in [3.8, 4) is 11.5 Å². The summed E-state index contributed by atoms with van der Waals surface area (Å²) in [5.74, 6) is 0.566. The number of methoxy groups -OCH3 is 1. The third kappa shape index (κ3) is 7.58. The second kappa shape index (κ2) is 11.6. The maximum Gasteiger partial charge on any atom is 0.387 e. The van der Waals surface area contributed by atoms with Gasteiger partial charge in [0.2, 0.25) is 0 Å². The zero-order chi connectivity index (χ0) is 18.9. The number of aliphatic imine (C=N–C) groups is 1. The van der Waals surface area contributed by atoms with Gasteiger partial charge < -0.3 is 20.5 Å². The summed E-state index contributed by atoms with van der Waals surface area (Å²) < 4.78 is 34.4. The molecule has 0 atom stereocenters. The standard InChI is InChI=1S/C19H23F2N3O2.HI/c1-3-13-5-4-6-15(11-13)24-19(22)23-10-9-14-7-8-16(25-2)17(12-14)26-18(20)21;/h4-8,11-12,18H,3,9-10H2,1-2H3,(H3,22,23,24);1H. The highest BCUT2D eigenvalue weighted by molar-refractivity contribution is 14.0. The molecule has 0 bridgehead atoms. The van der Waals surface area contributed by atoms with Crippen LogP contribution in [-0.4, -0.2) is 26.2 Å². The molecule has 0 fully saturated rings. The van der Waals surface area contributed by atoms with Gasteiger partial charge in [-0.05, 0) is 48.2 Å². The van der Waals surface area contributed by atoms with Crippen molar-refractivity contribution < 1.29 is 18.3 Å². The number of ether oxygens (including phenoxy) is 2. The van der Waals surface area contributed by atoms with Crippen LogP contribution < -0.4 is 20.5 Å². The normalized spacial score (nSPS) is 11.1. The zero-order valence-electron chi connectivity index (χ0n) is 15.2. The van der Waals surface area contributed by atoms with E-state index in [9.17, 15) is 8.78 Å². The number of benzene rings is 2. The molecule has 3 N–H and O–H groups in total. The third-order valence-corrected chi connectivity index (χ3v) is 3.73. The Balaban J connectivity index is 0.00000364. The smallest absolute Gasteiger partial charge is 0.387 e. The fourth-order valence-corrected chi connectivity index (χ4v) is 2.43. The number of aryl methyl sites for hydroxylation is 1. The van der Waals surface area contributed by atoms with Gasteiger partial charge in [0.15, 0.2) is 17.5 Å². The summed E-state index contributed by atoms with van der Waals surface area (Å²) in [6.07, 6.45) is 1.47. The van der Waals surface area contributed by atoms with Gasteiger partial charge >= 0.3 is 6.61 Å². The molecule has 0 radical (unpaired) electrons. The number of hydrogen-bond donors (Lipinski definition) is 2. The lowest BCUT2D eigenvalue weighted by Gasteiger charge is -2.11. The number of rotatable bonds is 8. The van der Waals surface area contributed by atoms with Crippen LogP contribution in [0.2, 0.25) is 0 Å². The first-order chi connectivity index (χ1) is 12.5. The van der Waals surface area contributed by atoms with Crippen molar-refractivity contribution >= 4 is 35.6 Å². The first kappa shape index (κ1) is 22.9. The topological polar surface area (TPSA) is 68.9 Å². The van der Waals surface area contributed by atoms with E-state index in [2.05, 4.69) is 22.0 Å². The average molecular weight is 491 g/mol. The Bertz CT molecular complexity index is 757. The lowest BCUT2D eigenvalue weighted by Crippen LogP contribution is -2.23. The van der Waals surface area contributed by atoms with Gasteiger partial charge in [0, 0.05) is 12.2 Å². The van der Waals surface area contributed by atoms with Gasteiger partial charge in [-0.3, -0.25) is 4.99 Å². The first-order valence-electron chi connectivity index (χ1n) is 8.29. The summed E-state index contributed by atoms with van der Waals surface area (Å²) >= 11 is 0. The number of halogens is 3. The van der Waals surface area contributed by atoms with E-state index in [0.29, 0.717) is 18.9 Å². The number of nitrogens with zero attached hydrogens (tertiary/aromatic N) is 1. The molecule has 2 aromatic carbocycles. The van der Waals surface area contributed by atoms with Gasteiger partial charge in [0.05, 0.1) is 7.11 Å². The number of alkyl halides is 2. The molecule has 0 heterocycles. The van der Waals surface area contributed by atoms with Crippen LogP contribution in [0.5, 0.6) is 11.5 Å². The van der Waals surface area contributed by atoms with Crippen LogP contribution in [0.25, 0.3) is 0 Å². The molecule has 0 spiro atoms. The quantitative estimate of drug-likeness (QED) is 0.326. The summed E-state index contributed by atoms with van der Waals surface area (Å²) in [5.41, 5.74) is 8.77. The lowest BCUT2D eigenvalue weighted by molar-refractivity contribution is -0.0512. The molecule has 0 amide bonds. The van der Waals surface area contributed by atoms with Gasteiger partial charge in [-0.25, -0.2) is 0 Å². The molecule has 0 saturated carbocycles. The van der Waals surface area contributed by atoms with Crippen LogP contribution in [0, 0.1) is 0 Å². The molecule has 8 heteroatoms. The molecule has 148 valence electrons. The van der Waals surface area contributed by atoms with E-state index in [-0.39, 0.29) is 35.5 Å². The Morgan fingerprint density at radius 3 is 2.59 bits per heavy atom. The highest BCUT2D eigenvalue weighted by atomic mass is 127. The molecule has 27 heavy (non-hydrogen) atoms. The minimum absolute atomic E-state index is 0. The summed E-state index contributed by atoms with van der Waals surface area (Å²) in [6, 6.07) is 12.8. The van der Waals surface area contributed by atoms with Gasteiger partial charge in [-0.1, -0.05) is 25.1 Å². The number of nitrogens with two attached hydrogens (primary N) is 1. The molecule has 2 rings (SSSR count). The second-order valence-corrected chi connectivity index (χ2v) is 5.56. The Labute approximate surface area is 175 Å². The largest absolute Gasteiger partial charge is 0.493 e. The van der Waals surface area contributed by atoms with Crippen molar-refractivity contribution in [1.82, 2.24) is 0 Å². The fraction of sp³-hybridized carbons (Fsp3) is 0.316. The molecule has 2 aromatic rings. The SMILES string of the molecule is CCc1cccc(NC(N)=NCCc2ccc(OC)c(OC(F)F)c2)c1.I. The fourth-order valence-electron chi connectivity index (χ4n) is 2.43. The van der Waals surface area contributed by atoms with Crippen molar-refractivity contribution in [3.63, 3.8) is 0 Å². The maximum atomic E-state index is 12.5. The number of anilines is 1. The Morgan fingerprint density at radius 2 is 1.93 bits per heavy atom. The van der Waals surface area contributed by atoms with Gasteiger partial charge in [0.1, 0.15) is 0 Å². The van der Waals surface area contributed by atoms with Crippen molar-refractivity contribution in [2.45, 2.75) is 26.4 Å². The van der Waals surface area contributed by atoms with E-state index in [1.807, 2.05) is 24.3 Å². The first-order valence-corrected chi connectivity index (χ1v) is 8.29. The average Bonchev–Trinajstić information content (AvgIpc) is 2.61. The Hall–Kier alpha value is -2.10. The minimum atomic E-state index is -2.91. The number of nitrogens with one attached hydrogen (secondary N) is 1. The van der Waals surface area contributed by atoms with Crippen LogP contribution in [0.4, 0.5) is 14.5 Å². The number of hydrogen-bond acceptors (Lipinski definition) is 3. The molecule has 0 aliphatic rings. The van der Waals surface area contributed by atoms with E-state index >= 15 is 0 Å². The van der Waals surface area contributed by atoms with Crippen molar-refractivity contribution in [2.75, 3.05) is 19.0 Å². The zero-order valence-corrected chi connectivity index (χ0v) is 17.6. The highest BCUT2D eigenvalue weighted by Crippen LogP contribution is 2.29. The van der Waals surface area contributed by atoms with E-state index < -0.39 is 6.61 Å². The van der Waals surface area contributed by atoms with Crippen LogP contribution in [-0.2, 0) is 12.8 Å². The maximum absolute atomic E-state index is 12.5. The van der Waals surface area contributed by atoms with E-state index in [1.165, 1.54) is 18.7 Å². The molecule has 0 aromatic heterocycles. The summed E-state index contributed by atoms with van der Waals surface area (Å²) in [7, 11) is 1.40. The summed E-state index contributed by atoms with van der Waals surface area (Å²) in [4.78, 5) is 4.27. The molecular weight excluding hydrogens is 467 g/mol. The lowest BCUT2D eigenvalue weighted by atomic mass is 10.1. The molecule has 0 unspecified atom stereocenters. The molecule has 0 aliphatic heterocycles. The second-order valence-electron chi connectivity index (χ2n) is 5.56. The molecule has 0 saturated heterocycles. The van der Waals surface area contributed by atoms with Gasteiger partial charge in [-0.2, -0.15) is 8.78 Å². The van der Waals surface area contributed by atoms with E-state index in [4.69, 9.17) is 10.5 Å². The Kier molecular flexibility index (Phi) is 9.84. The molecule has 0 aliphatic carbocycles. The van der Waals surface area contributed by atoms with Crippen molar-refractivity contribution in [1.29, 1.82) is 0 Å². The predicted octanol–water partition coefficient (Wildman–Crippen LogP) is 4.45. The molecular formula is C19H24F2IN3O2. The van der Waals surface area contributed by atoms with Gasteiger partial charge in [-0.15, -0.1) is 24.0 Å². The van der Waals surface area contributed by atoms with Gasteiger partial charge in [0.25, 0.3) is 0 Å². The van der Waals surface area contributed by atoms with E-state index in [1.54, 1.807) is 12.1 Å². The number of guanidine groups is 1. The third-order valence-electron chi connectivity index (χ3n) is 3.73. The summed E-state index contributed by atoms with van der Waals surface area (Å²) in [5, 5.41) is 3.04. The van der Waals surface area contributed by atoms with Crippen molar-refractivity contribution in [2.24, 2.45) is 10.7 Å². The van der Waals surface area contributed by atoms with E-state index in [0.717, 1.165) is 17.7 Å². The monoisotopic (exact) mass is 491 g/mol. The van der Waals surface area contributed by atoms with Crippen LogP contribution in [0.1, 0.15) is 18.1 Å². The Morgan fingerprint density at radius 1 is 1.15 bits per heavy atom. The highest BCUT2D eigenvalue weighted by Gasteiger charge is 2.11.